The quantitative estimate of drug-likeness (QED) is 0.485. The van der Waals surface area contributed by atoms with E-state index in [1.807, 2.05) is 6.61 Å². The van der Waals surface area contributed by atoms with Crippen LogP contribution >= 0.6 is 0 Å². The van der Waals surface area contributed by atoms with Gasteiger partial charge >= 0.3 is 0 Å². The molecule has 1 rings (SSSR count). The van der Waals surface area contributed by atoms with Crippen LogP contribution in [-0.4, -0.2) is 6.10 Å². The summed E-state index contributed by atoms with van der Waals surface area (Å²) in [5.74, 6) is 0.650. The standard InChI is InChI=1S/C8H15O/c1-6-7(2)9-5-8(6,3)4/h5-7H,1-4H3. The molecule has 1 aliphatic rings. The lowest BCUT2D eigenvalue weighted by molar-refractivity contribution is 0.147. The van der Waals surface area contributed by atoms with Gasteiger partial charge in [-0.15, -0.1) is 0 Å². The topological polar surface area (TPSA) is 9.23 Å². The summed E-state index contributed by atoms with van der Waals surface area (Å²) in [5, 5.41) is 0. The molecule has 0 aromatic carbocycles. The average Bonchev–Trinajstić information content (AvgIpc) is 1.97. The maximum Gasteiger partial charge on any atom is 0.0900 e. The van der Waals surface area contributed by atoms with E-state index in [1.54, 1.807) is 0 Å². The van der Waals surface area contributed by atoms with E-state index in [2.05, 4.69) is 27.7 Å². The molecule has 2 unspecified atom stereocenters. The van der Waals surface area contributed by atoms with Crippen LogP contribution in [0.1, 0.15) is 27.7 Å². The maximum absolute atomic E-state index is 5.36. The fourth-order valence-electron chi connectivity index (χ4n) is 1.11. The van der Waals surface area contributed by atoms with Crippen molar-refractivity contribution in [1.82, 2.24) is 0 Å². The fourth-order valence-corrected chi connectivity index (χ4v) is 1.11. The van der Waals surface area contributed by atoms with Crippen molar-refractivity contribution in [3.05, 3.63) is 6.61 Å². The minimum Gasteiger partial charge on any atom is -0.372 e. The van der Waals surface area contributed by atoms with Crippen molar-refractivity contribution < 1.29 is 4.74 Å². The second kappa shape index (κ2) is 1.98. The van der Waals surface area contributed by atoms with Crippen molar-refractivity contribution in [2.75, 3.05) is 0 Å². The Bertz CT molecular complexity index is 107. The summed E-state index contributed by atoms with van der Waals surface area (Å²) in [6.07, 6.45) is 0.403. The van der Waals surface area contributed by atoms with Gasteiger partial charge in [-0.05, 0) is 18.3 Å². The van der Waals surface area contributed by atoms with Gasteiger partial charge in [0.05, 0.1) is 12.7 Å². The molecule has 1 saturated heterocycles. The molecule has 0 bridgehead atoms. The molecule has 9 heavy (non-hydrogen) atoms. The number of ether oxygens (including phenoxy) is 1. The summed E-state index contributed by atoms with van der Waals surface area (Å²) in [4.78, 5) is 0. The van der Waals surface area contributed by atoms with E-state index >= 15 is 0 Å². The molecule has 0 amide bonds. The van der Waals surface area contributed by atoms with E-state index in [0.29, 0.717) is 12.0 Å². The van der Waals surface area contributed by atoms with Gasteiger partial charge in [0.1, 0.15) is 0 Å². The zero-order chi connectivity index (χ0) is 7.07. The summed E-state index contributed by atoms with van der Waals surface area (Å²) in [6.45, 7) is 10.7. The minimum atomic E-state index is 0.277. The van der Waals surface area contributed by atoms with Crippen LogP contribution in [0.2, 0.25) is 0 Å². The molecule has 0 aromatic heterocycles. The van der Waals surface area contributed by atoms with Gasteiger partial charge in [-0.1, -0.05) is 20.8 Å². The SMILES string of the molecule is CC1O[CH]C(C)(C)C1C. The summed E-state index contributed by atoms with van der Waals surface area (Å²) in [6, 6.07) is 0. The van der Waals surface area contributed by atoms with Gasteiger partial charge in [-0.3, -0.25) is 0 Å². The normalized spacial score (nSPS) is 41.3. The molecular formula is C8H15O. The van der Waals surface area contributed by atoms with Crippen molar-refractivity contribution in [2.24, 2.45) is 11.3 Å². The Labute approximate surface area is 57.4 Å². The van der Waals surface area contributed by atoms with Crippen LogP contribution in [0, 0.1) is 17.9 Å². The second-order valence-corrected chi connectivity index (χ2v) is 3.57. The molecule has 1 radical (unpaired) electrons. The van der Waals surface area contributed by atoms with Crippen LogP contribution in [0.3, 0.4) is 0 Å². The predicted octanol–water partition coefficient (Wildman–Crippen LogP) is 2.23. The fraction of sp³-hybridized carbons (Fsp3) is 0.875. The van der Waals surface area contributed by atoms with Crippen molar-refractivity contribution >= 4 is 0 Å². The van der Waals surface area contributed by atoms with Gasteiger partial charge in [0.25, 0.3) is 0 Å². The molecule has 0 spiro atoms. The van der Waals surface area contributed by atoms with Gasteiger partial charge in [0, 0.05) is 0 Å². The van der Waals surface area contributed by atoms with Crippen molar-refractivity contribution in [3.63, 3.8) is 0 Å². The Morgan fingerprint density at radius 2 is 1.89 bits per heavy atom. The Kier molecular flexibility index (Phi) is 1.55. The third-order valence-corrected chi connectivity index (χ3v) is 2.46. The van der Waals surface area contributed by atoms with Gasteiger partial charge in [-0.25, -0.2) is 0 Å². The van der Waals surface area contributed by atoms with Crippen LogP contribution in [-0.2, 0) is 4.74 Å². The Morgan fingerprint density at radius 1 is 1.33 bits per heavy atom. The van der Waals surface area contributed by atoms with Crippen LogP contribution < -0.4 is 0 Å². The molecule has 1 fully saturated rings. The average molecular weight is 127 g/mol. The second-order valence-electron chi connectivity index (χ2n) is 3.57. The van der Waals surface area contributed by atoms with Crippen LogP contribution in [0.5, 0.6) is 0 Å². The summed E-state index contributed by atoms with van der Waals surface area (Å²) < 4.78 is 5.36. The molecule has 0 aromatic rings. The minimum absolute atomic E-state index is 0.277. The highest BCUT2D eigenvalue weighted by molar-refractivity contribution is 4.92. The summed E-state index contributed by atoms with van der Waals surface area (Å²) in [7, 11) is 0. The van der Waals surface area contributed by atoms with E-state index in [9.17, 15) is 0 Å². The summed E-state index contributed by atoms with van der Waals surface area (Å²) in [5.41, 5.74) is 0.277. The molecule has 53 valence electrons. The molecular weight excluding hydrogens is 112 g/mol. The van der Waals surface area contributed by atoms with Crippen LogP contribution in [0.4, 0.5) is 0 Å². The van der Waals surface area contributed by atoms with E-state index in [4.69, 9.17) is 4.74 Å². The molecule has 1 heterocycles. The predicted molar refractivity (Wildman–Crippen MR) is 37.8 cm³/mol. The highest BCUT2D eigenvalue weighted by atomic mass is 16.5. The molecule has 0 N–H and O–H groups in total. The molecule has 0 aliphatic carbocycles. The monoisotopic (exact) mass is 127 g/mol. The first-order valence-electron chi connectivity index (χ1n) is 3.54. The van der Waals surface area contributed by atoms with E-state index in [-0.39, 0.29) is 5.41 Å². The Balaban J connectivity index is 2.62. The molecule has 2 atom stereocenters. The van der Waals surface area contributed by atoms with E-state index < -0.39 is 0 Å². The lowest BCUT2D eigenvalue weighted by Gasteiger charge is -2.21. The first-order chi connectivity index (χ1) is 4.04. The highest BCUT2D eigenvalue weighted by Gasteiger charge is 2.37. The Hall–Kier alpha value is -0.0400. The zero-order valence-corrected chi connectivity index (χ0v) is 6.64. The van der Waals surface area contributed by atoms with Crippen LogP contribution in [0.25, 0.3) is 0 Å². The molecule has 1 aliphatic heterocycles. The van der Waals surface area contributed by atoms with E-state index in [1.165, 1.54) is 0 Å². The third kappa shape index (κ3) is 1.11. The Morgan fingerprint density at radius 3 is 2.00 bits per heavy atom. The first-order valence-corrected chi connectivity index (χ1v) is 3.54. The van der Waals surface area contributed by atoms with Crippen LogP contribution in [0.15, 0.2) is 0 Å². The van der Waals surface area contributed by atoms with Crippen molar-refractivity contribution in [1.29, 1.82) is 0 Å². The van der Waals surface area contributed by atoms with Gasteiger partial charge in [0.2, 0.25) is 0 Å². The largest absolute Gasteiger partial charge is 0.372 e. The van der Waals surface area contributed by atoms with Crippen molar-refractivity contribution in [3.8, 4) is 0 Å². The van der Waals surface area contributed by atoms with Gasteiger partial charge < -0.3 is 4.74 Å². The number of hydrogen-bond acceptors (Lipinski definition) is 1. The van der Waals surface area contributed by atoms with E-state index in [0.717, 1.165) is 0 Å². The lowest BCUT2D eigenvalue weighted by Crippen LogP contribution is -2.20. The van der Waals surface area contributed by atoms with Crippen molar-refractivity contribution in [2.45, 2.75) is 33.8 Å². The number of hydrogen-bond donors (Lipinski definition) is 0. The zero-order valence-electron chi connectivity index (χ0n) is 6.64. The number of rotatable bonds is 0. The maximum atomic E-state index is 5.36. The third-order valence-electron chi connectivity index (χ3n) is 2.46. The lowest BCUT2D eigenvalue weighted by atomic mass is 9.81. The summed E-state index contributed by atoms with van der Waals surface area (Å²) >= 11 is 0. The smallest absolute Gasteiger partial charge is 0.0900 e. The molecule has 0 saturated carbocycles. The molecule has 1 heteroatoms. The highest BCUT2D eigenvalue weighted by Crippen LogP contribution is 2.40. The van der Waals surface area contributed by atoms with Gasteiger partial charge in [-0.2, -0.15) is 0 Å². The molecule has 1 nitrogen and oxygen atoms in total. The first kappa shape index (κ1) is 7.07. The van der Waals surface area contributed by atoms with Gasteiger partial charge in [0.15, 0.2) is 0 Å².